The smallest absolute Gasteiger partial charge is 0.366 e. The van der Waals surface area contributed by atoms with E-state index in [1.54, 1.807) is 6.92 Å². The summed E-state index contributed by atoms with van der Waals surface area (Å²) in [5, 5.41) is 18.9. The van der Waals surface area contributed by atoms with Gasteiger partial charge in [0.15, 0.2) is 0 Å². The SMILES string of the molecule is CCCCCCCCCCCCCCCCC(C)[N+](C)(C)C(C)(CC(=O)O)C(=O)O. The Morgan fingerprint density at radius 1 is 0.767 bits per heavy atom. The van der Waals surface area contributed by atoms with Gasteiger partial charge in [-0.05, 0) is 19.8 Å². The van der Waals surface area contributed by atoms with Crippen LogP contribution in [0.5, 0.6) is 0 Å². The zero-order chi connectivity index (χ0) is 23.0. The molecule has 0 heterocycles. The predicted molar refractivity (Wildman–Crippen MR) is 125 cm³/mol. The van der Waals surface area contributed by atoms with E-state index in [1.807, 2.05) is 21.0 Å². The number of quaternary nitrogens is 1. The second-order valence-corrected chi connectivity index (χ2v) is 9.92. The molecule has 0 saturated carbocycles. The minimum absolute atomic E-state index is 0.0998. The van der Waals surface area contributed by atoms with Gasteiger partial charge in [-0.15, -0.1) is 0 Å². The van der Waals surface area contributed by atoms with E-state index in [2.05, 4.69) is 6.92 Å². The third-order valence-electron chi connectivity index (χ3n) is 7.31. The van der Waals surface area contributed by atoms with Gasteiger partial charge in [-0.2, -0.15) is 0 Å². The first-order chi connectivity index (χ1) is 14.1. The summed E-state index contributed by atoms with van der Waals surface area (Å²) >= 11 is 0. The molecule has 0 aliphatic heterocycles. The number of carboxylic acid groups (broad SMARTS) is 2. The summed E-state index contributed by atoms with van der Waals surface area (Å²) in [6.07, 6.45) is 19.1. The van der Waals surface area contributed by atoms with E-state index in [9.17, 15) is 19.8 Å². The zero-order valence-electron chi connectivity index (χ0n) is 20.5. The normalized spacial score (nSPS) is 15.0. The van der Waals surface area contributed by atoms with E-state index >= 15 is 0 Å². The van der Waals surface area contributed by atoms with Gasteiger partial charge in [0.25, 0.3) is 0 Å². The maximum absolute atomic E-state index is 11.8. The summed E-state index contributed by atoms with van der Waals surface area (Å²) < 4.78 is 0.188. The lowest BCUT2D eigenvalue weighted by atomic mass is 9.90. The largest absolute Gasteiger partial charge is 0.481 e. The first-order valence-electron chi connectivity index (χ1n) is 12.4. The molecular weight excluding hydrogens is 378 g/mol. The number of rotatable bonds is 20. The second-order valence-electron chi connectivity index (χ2n) is 9.92. The molecule has 2 atom stereocenters. The average molecular weight is 429 g/mol. The Morgan fingerprint density at radius 3 is 1.47 bits per heavy atom. The third kappa shape index (κ3) is 10.8. The summed E-state index contributed by atoms with van der Waals surface area (Å²) in [5.74, 6) is -2.10. The third-order valence-corrected chi connectivity index (χ3v) is 7.31. The topological polar surface area (TPSA) is 74.6 Å². The second kappa shape index (κ2) is 15.7. The van der Waals surface area contributed by atoms with Crippen molar-refractivity contribution in [3.05, 3.63) is 0 Å². The lowest BCUT2D eigenvalue weighted by Gasteiger charge is -2.47. The van der Waals surface area contributed by atoms with Crippen LogP contribution in [0.2, 0.25) is 0 Å². The lowest BCUT2D eigenvalue weighted by Crippen LogP contribution is -2.66. The van der Waals surface area contributed by atoms with E-state index in [4.69, 9.17) is 0 Å². The Morgan fingerprint density at radius 2 is 1.13 bits per heavy atom. The lowest BCUT2D eigenvalue weighted by molar-refractivity contribution is -0.951. The van der Waals surface area contributed by atoms with Crippen molar-refractivity contribution in [1.29, 1.82) is 0 Å². The highest BCUT2D eigenvalue weighted by Gasteiger charge is 2.52. The van der Waals surface area contributed by atoms with Crippen LogP contribution in [0.25, 0.3) is 0 Å². The Balaban J connectivity index is 3.92. The fourth-order valence-electron chi connectivity index (χ4n) is 4.26. The molecule has 178 valence electrons. The Kier molecular flexibility index (Phi) is 15.1. The van der Waals surface area contributed by atoms with Crippen LogP contribution < -0.4 is 0 Å². The Labute approximate surface area is 185 Å². The summed E-state index contributed by atoms with van der Waals surface area (Å²) in [4.78, 5) is 23.0. The number of hydrogen-bond acceptors (Lipinski definition) is 2. The predicted octanol–water partition coefficient (Wildman–Crippen LogP) is 6.64. The minimum atomic E-state index is -1.32. The molecule has 5 heteroatoms. The fraction of sp³-hybridized carbons (Fsp3) is 0.920. The van der Waals surface area contributed by atoms with Gasteiger partial charge in [0.2, 0.25) is 5.54 Å². The molecule has 0 spiro atoms. The van der Waals surface area contributed by atoms with Crippen LogP contribution in [0.3, 0.4) is 0 Å². The molecule has 0 aliphatic carbocycles. The van der Waals surface area contributed by atoms with E-state index in [1.165, 1.54) is 83.5 Å². The van der Waals surface area contributed by atoms with Gasteiger partial charge in [-0.1, -0.05) is 90.4 Å². The van der Waals surface area contributed by atoms with Crippen molar-refractivity contribution in [3.63, 3.8) is 0 Å². The highest BCUT2D eigenvalue weighted by atomic mass is 16.4. The van der Waals surface area contributed by atoms with Gasteiger partial charge in [-0.3, -0.25) is 4.79 Å². The first-order valence-corrected chi connectivity index (χ1v) is 12.4. The molecule has 0 rings (SSSR count). The molecule has 0 aromatic carbocycles. The van der Waals surface area contributed by atoms with E-state index in [0.29, 0.717) is 0 Å². The number of likely N-dealkylation sites (N-methyl/N-ethyl adjacent to an activating group) is 1. The van der Waals surface area contributed by atoms with Gasteiger partial charge in [0.05, 0.1) is 20.1 Å². The molecule has 2 unspecified atom stereocenters. The summed E-state index contributed by atoms with van der Waals surface area (Å²) in [5.41, 5.74) is -1.32. The van der Waals surface area contributed by atoms with Crippen molar-refractivity contribution in [2.45, 2.75) is 135 Å². The number of hydrogen-bond donors (Lipinski definition) is 2. The van der Waals surface area contributed by atoms with Crippen molar-refractivity contribution < 1.29 is 24.3 Å². The Bertz CT molecular complexity index is 478. The van der Waals surface area contributed by atoms with Gasteiger partial charge < -0.3 is 14.7 Å². The molecule has 0 aliphatic rings. The molecule has 0 aromatic heterocycles. The monoisotopic (exact) mass is 428 g/mol. The van der Waals surface area contributed by atoms with Crippen LogP contribution in [0.4, 0.5) is 0 Å². The van der Waals surface area contributed by atoms with E-state index in [0.717, 1.165) is 12.8 Å². The van der Waals surface area contributed by atoms with Crippen molar-refractivity contribution >= 4 is 11.9 Å². The number of nitrogens with zero attached hydrogens (tertiary/aromatic N) is 1. The van der Waals surface area contributed by atoms with Gasteiger partial charge in [0, 0.05) is 6.92 Å². The molecule has 0 saturated heterocycles. The standard InChI is InChI=1S/C25H49NO4/c1-6-7-8-9-10-11-12-13-14-15-16-17-18-19-20-22(2)26(4,5)25(3,24(29)30)21-23(27)28/h22H,6-21H2,1-5H3,(H-,27,28,29,30)/p+1. The maximum atomic E-state index is 11.8. The van der Waals surface area contributed by atoms with Gasteiger partial charge >= 0.3 is 11.9 Å². The van der Waals surface area contributed by atoms with Crippen LogP contribution >= 0.6 is 0 Å². The molecule has 0 amide bonds. The highest BCUT2D eigenvalue weighted by Crippen LogP contribution is 2.30. The van der Waals surface area contributed by atoms with Crippen LogP contribution in [-0.4, -0.2) is 52.3 Å². The van der Waals surface area contributed by atoms with Gasteiger partial charge in [0.1, 0.15) is 6.42 Å². The maximum Gasteiger partial charge on any atom is 0.366 e. The van der Waals surface area contributed by atoms with Crippen molar-refractivity contribution in [2.75, 3.05) is 14.1 Å². The zero-order valence-corrected chi connectivity index (χ0v) is 20.5. The quantitative estimate of drug-likeness (QED) is 0.168. The molecule has 0 bridgehead atoms. The highest BCUT2D eigenvalue weighted by molar-refractivity contribution is 5.83. The van der Waals surface area contributed by atoms with E-state index < -0.39 is 17.5 Å². The van der Waals surface area contributed by atoms with Crippen molar-refractivity contribution in [1.82, 2.24) is 0 Å². The van der Waals surface area contributed by atoms with Gasteiger partial charge in [-0.25, -0.2) is 4.79 Å². The number of carbonyl (C=O) groups is 2. The van der Waals surface area contributed by atoms with Crippen LogP contribution in [-0.2, 0) is 9.59 Å². The molecular formula is C25H50NO4+. The molecule has 30 heavy (non-hydrogen) atoms. The van der Waals surface area contributed by atoms with Crippen molar-refractivity contribution in [2.24, 2.45) is 0 Å². The van der Waals surface area contributed by atoms with E-state index in [-0.39, 0.29) is 16.9 Å². The average Bonchev–Trinajstić information content (AvgIpc) is 2.67. The fourth-order valence-corrected chi connectivity index (χ4v) is 4.26. The van der Waals surface area contributed by atoms with Crippen LogP contribution in [0, 0.1) is 0 Å². The number of carboxylic acids is 2. The molecule has 2 N–H and O–H groups in total. The summed E-state index contributed by atoms with van der Waals surface area (Å²) in [6, 6.07) is 0.0998. The summed E-state index contributed by atoms with van der Waals surface area (Å²) in [7, 11) is 3.71. The first kappa shape index (κ1) is 28.9. The number of aliphatic carboxylic acids is 2. The Hall–Kier alpha value is -1.10. The molecule has 0 fully saturated rings. The minimum Gasteiger partial charge on any atom is -0.481 e. The summed E-state index contributed by atoms with van der Waals surface area (Å²) in [6.45, 7) is 5.87. The molecule has 0 aromatic rings. The molecule has 5 nitrogen and oxygen atoms in total. The van der Waals surface area contributed by atoms with Crippen LogP contribution in [0.15, 0.2) is 0 Å². The van der Waals surface area contributed by atoms with Crippen LogP contribution in [0.1, 0.15) is 124 Å². The van der Waals surface area contributed by atoms with Crippen molar-refractivity contribution in [3.8, 4) is 0 Å². The molecule has 0 radical (unpaired) electrons. The number of unbranched alkanes of at least 4 members (excludes halogenated alkanes) is 13.